The van der Waals surface area contributed by atoms with Gasteiger partial charge in [-0.2, -0.15) is 16.4 Å². The largest absolute Gasteiger partial charge is 0.493 e. The first-order valence-corrected chi connectivity index (χ1v) is 7.14. The number of hydrogen-bond donors (Lipinski definition) is 2. The molecule has 2 rings (SSSR count). The maximum Gasteiger partial charge on any atom is 0.161 e. The molecule has 0 aromatic carbocycles. The Kier molecular flexibility index (Phi) is 4.24. The summed E-state index contributed by atoms with van der Waals surface area (Å²) in [6, 6.07) is 0.125. The lowest BCUT2D eigenvalue weighted by Crippen LogP contribution is -2.31. The molecule has 104 valence electrons. The number of nitrogens with two attached hydrogens (primary N) is 1. The number of ether oxygens (including phenoxy) is 1. The van der Waals surface area contributed by atoms with Gasteiger partial charge in [0.2, 0.25) is 0 Å². The van der Waals surface area contributed by atoms with Crippen molar-refractivity contribution >= 4 is 11.3 Å². The quantitative estimate of drug-likeness (QED) is 0.652. The molecule has 0 radical (unpaired) electrons. The second-order valence-electron chi connectivity index (χ2n) is 4.75. The zero-order valence-corrected chi connectivity index (χ0v) is 12.5. The van der Waals surface area contributed by atoms with E-state index in [1.165, 1.54) is 5.56 Å². The van der Waals surface area contributed by atoms with Crippen molar-refractivity contribution in [3.8, 4) is 5.75 Å². The molecule has 2 heterocycles. The highest BCUT2D eigenvalue weighted by Gasteiger charge is 2.25. The molecule has 0 bridgehead atoms. The monoisotopic (exact) mass is 280 g/mol. The summed E-state index contributed by atoms with van der Waals surface area (Å²) in [6.45, 7) is 6.26. The molecule has 1 atom stereocenters. The normalized spacial score (nSPS) is 12.9. The van der Waals surface area contributed by atoms with Gasteiger partial charge in [-0.15, -0.1) is 0 Å². The summed E-state index contributed by atoms with van der Waals surface area (Å²) in [7, 11) is 1.65. The highest BCUT2D eigenvalue weighted by atomic mass is 32.1. The van der Waals surface area contributed by atoms with Gasteiger partial charge in [-0.25, -0.2) is 5.43 Å². The van der Waals surface area contributed by atoms with Gasteiger partial charge in [0.05, 0.1) is 19.3 Å². The Morgan fingerprint density at radius 2 is 2.16 bits per heavy atom. The van der Waals surface area contributed by atoms with E-state index in [-0.39, 0.29) is 12.1 Å². The van der Waals surface area contributed by atoms with Crippen LogP contribution in [0.15, 0.2) is 17.0 Å². The number of hydrazine groups is 1. The first-order valence-electron chi connectivity index (χ1n) is 6.20. The fraction of sp³-hybridized carbons (Fsp3) is 0.462. The van der Waals surface area contributed by atoms with E-state index >= 15 is 0 Å². The lowest BCUT2D eigenvalue weighted by Gasteiger charge is -2.21. The molecular weight excluding hydrogens is 260 g/mol. The number of thiophene rings is 1. The number of methoxy groups -OCH3 is 1. The molecule has 2 aromatic heterocycles. The fourth-order valence-corrected chi connectivity index (χ4v) is 3.06. The van der Waals surface area contributed by atoms with E-state index in [1.54, 1.807) is 24.6 Å². The van der Waals surface area contributed by atoms with Crippen molar-refractivity contribution in [2.24, 2.45) is 5.84 Å². The summed E-state index contributed by atoms with van der Waals surface area (Å²) in [5.41, 5.74) is 6.22. The Bertz CT molecular complexity index is 547. The van der Waals surface area contributed by atoms with Crippen LogP contribution in [0.1, 0.15) is 42.8 Å². The van der Waals surface area contributed by atoms with Gasteiger partial charge in [-0.1, -0.05) is 0 Å². The third-order valence-electron chi connectivity index (χ3n) is 3.15. The van der Waals surface area contributed by atoms with Crippen molar-refractivity contribution in [1.82, 2.24) is 15.2 Å². The predicted octanol–water partition coefficient (Wildman–Crippen LogP) is 2.40. The molecule has 0 fully saturated rings. The van der Waals surface area contributed by atoms with Gasteiger partial charge >= 0.3 is 0 Å². The minimum Gasteiger partial charge on any atom is -0.493 e. The molecule has 2 aromatic rings. The van der Waals surface area contributed by atoms with Crippen LogP contribution in [-0.4, -0.2) is 16.9 Å². The number of aryl methyl sites for hydroxylation is 1. The molecule has 5 nitrogen and oxygen atoms in total. The van der Waals surface area contributed by atoms with Crippen molar-refractivity contribution < 1.29 is 4.74 Å². The van der Waals surface area contributed by atoms with E-state index in [0.29, 0.717) is 0 Å². The van der Waals surface area contributed by atoms with Gasteiger partial charge in [0, 0.05) is 6.04 Å². The molecule has 1 unspecified atom stereocenters. The summed E-state index contributed by atoms with van der Waals surface area (Å²) < 4.78 is 7.37. The summed E-state index contributed by atoms with van der Waals surface area (Å²) in [4.78, 5) is 0. The van der Waals surface area contributed by atoms with E-state index in [1.807, 2.05) is 4.68 Å². The molecule has 0 saturated heterocycles. The molecule has 3 N–H and O–H groups in total. The van der Waals surface area contributed by atoms with Crippen LogP contribution in [0.3, 0.4) is 0 Å². The van der Waals surface area contributed by atoms with E-state index < -0.39 is 0 Å². The Hall–Kier alpha value is -1.37. The fourth-order valence-electron chi connectivity index (χ4n) is 2.18. The van der Waals surface area contributed by atoms with Crippen LogP contribution in [0.5, 0.6) is 5.75 Å². The summed E-state index contributed by atoms with van der Waals surface area (Å²) in [5.74, 6) is 6.53. The van der Waals surface area contributed by atoms with E-state index in [9.17, 15) is 0 Å². The third-order valence-corrected chi connectivity index (χ3v) is 4.03. The maximum absolute atomic E-state index is 5.77. The average molecular weight is 280 g/mol. The first-order chi connectivity index (χ1) is 9.10. The standard InChI is InChI=1S/C13H20N4OS/c1-8(2)17-13(11(18-4)5-15-17)12(16-14)10-7-19-6-9(10)3/h5-8,12,16H,14H2,1-4H3. The van der Waals surface area contributed by atoms with Gasteiger partial charge in [0.15, 0.2) is 5.75 Å². The molecule has 19 heavy (non-hydrogen) atoms. The van der Waals surface area contributed by atoms with Crippen LogP contribution >= 0.6 is 11.3 Å². The molecular formula is C13H20N4OS. The molecule has 0 aliphatic heterocycles. The van der Waals surface area contributed by atoms with E-state index in [4.69, 9.17) is 10.6 Å². The number of aromatic nitrogens is 2. The van der Waals surface area contributed by atoms with Crippen molar-refractivity contribution in [1.29, 1.82) is 0 Å². The third kappa shape index (κ3) is 2.51. The second-order valence-corrected chi connectivity index (χ2v) is 5.49. The average Bonchev–Trinajstić information content (AvgIpc) is 2.98. The summed E-state index contributed by atoms with van der Waals surface area (Å²) >= 11 is 1.67. The Morgan fingerprint density at radius 3 is 2.63 bits per heavy atom. The summed E-state index contributed by atoms with van der Waals surface area (Å²) in [5, 5.41) is 8.62. The Balaban J connectivity index is 2.54. The predicted molar refractivity (Wildman–Crippen MR) is 77.4 cm³/mol. The lowest BCUT2D eigenvalue weighted by molar-refractivity contribution is 0.394. The lowest BCUT2D eigenvalue weighted by atomic mass is 10.0. The van der Waals surface area contributed by atoms with Gasteiger partial charge < -0.3 is 4.74 Å². The topological polar surface area (TPSA) is 65.1 Å². The molecule has 0 amide bonds. The number of nitrogens with one attached hydrogen (secondary N) is 1. The van der Waals surface area contributed by atoms with Gasteiger partial charge in [-0.3, -0.25) is 10.5 Å². The minimum atomic E-state index is -0.119. The summed E-state index contributed by atoms with van der Waals surface area (Å²) in [6.07, 6.45) is 1.74. The van der Waals surface area contributed by atoms with Gasteiger partial charge in [0.25, 0.3) is 0 Å². The highest BCUT2D eigenvalue weighted by Crippen LogP contribution is 2.33. The molecule has 0 aliphatic rings. The van der Waals surface area contributed by atoms with Crippen LogP contribution in [0.25, 0.3) is 0 Å². The van der Waals surface area contributed by atoms with Gasteiger partial charge in [0.1, 0.15) is 5.69 Å². The van der Waals surface area contributed by atoms with E-state index in [2.05, 4.69) is 42.1 Å². The van der Waals surface area contributed by atoms with Crippen LogP contribution < -0.4 is 16.0 Å². The molecule has 0 saturated carbocycles. The van der Waals surface area contributed by atoms with Crippen molar-refractivity contribution in [2.45, 2.75) is 32.9 Å². The van der Waals surface area contributed by atoms with Crippen LogP contribution in [0.4, 0.5) is 0 Å². The highest BCUT2D eigenvalue weighted by molar-refractivity contribution is 7.08. The smallest absolute Gasteiger partial charge is 0.161 e. The van der Waals surface area contributed by atoms with Crippen molar-refractivity contribution in [3.05, 3.63) is 33.8 Å². The maximum atomic E-state index is 5.77. The molecule has 6 heteroatoms. The number of rotatable bonds is 5. The Labute approximate surface area is 117 Å². The van der Waals surface area contributed by atoms with Crippen LogP contribution in [-0.2, 0) is 0 Å². The molecule has 0 aliphatic carbocycles. The SMILES string of the molecule is COc1cnn(C(C)C)c1C(NN)c1cscc1C. The number of hydrogen-bond acceptors (Lipinski definition) is 5. The zero-order valence-electron chi connectivity index (χ0n) is 11.7. The van der Waals surface area contributed by atoms with E-state index in [0.717, 1.165) is 17.0 Å². The number of nitrogens with zero attached hydrogens (tertiary/aromatic N) is 2. The van der Waals surface area contributed by atoms with Crippen LogP contribution in [0, 0.1) is 6.92 Å². The zero-order chi connectivity index (χ0) is 14.0. The first kappa shape index (κ1) is 14.0. The second kappa shape index (κ2) is 5.73. The minimum absolute atomic E-state index is 0.119. The molecule has 0 spiro atoms. The van der Waals surface area contributed by atoms with Gasteiger partial charge in [-0.05, 0) is 42.7 Å². The van der Waals surface area contributed by atoms with Crippen LogP contribution in [0.2, 0.25) is 0 Å². The Morgan fingerprint density at radius 1 is 1.42 bits per heavy atom. The van der Waals surface area contributed by atoms with Crippen molar-refractivity contribution in [2.75, 3.05) is 7.11 Å². The van der Waals surface area contributed by atoms with Crippen molar-refractivity contribution in [3.63, 3.8) is 0 Å².